The van der Waals surface area contributed by atoms with Crippen molar-refractivity contribution in [3.8, 4) is 5.75 Å². The average Bonchev–Trinajstić information content (AvgIpc) is 2.28. The van der Waals surface area contributed by atoms with Gasteiger partial charge < -0.3 is 15.4 Å². The van der Waals surface area contributed by atoms with Crippen LogP contribution in [0.25, 0.3) is 0 Å². The molecule has 0 aromatic heterocycles. The molecule has 1 aromatic carbocycles. The molecule has 4 nitrogen and oxygen atoms in total. The van der Waals surface area contributed by atoms with E-state index in [1.165, 1.54) is 0 Å². The quantitative estimate of drug-likeness (QED) is 0.783. The van der Waals surface area contributed by atoms with Crippen molar-refractivity contribution in [1.29, 1.82) is 0 Å². The van der Waals surface area contributed by atoms with Gasteiger partial charge >= 0.3 is 0 Å². The maximum absolute atomic E-state index is 11.4. The Bertz CT molecular complexity index is 364. The number of para-hydroxylation sites is 1. The molecule has 0 unspecified atom stereocenters. The van der Waals surface area contributed by atoms with Gasteiger partial charge in [-0.1, -0.05) is 18.2 Å². The lowest BCUT2D eigenvalue weighted by atomic mass is 10.2. The SMILES string of the molecule is COc1ccccc1CNCC(=O)NC(C)C. The van der Waals surface area contributed by atoms with Crippen molar-refractivity contribution in [2.24, 2.45) is 0 Å². The van der Waals surface area contributed by atoms with E-state index in [-0.39, 0.29) is 11.9 Å². The maximum Gasteiger partial charge on any atom is 0.234 e. The molecule has 0 atom stereocenters. The van der Waals surface area contributed by atoms with Crippen LogP contribution in [-0.4, -0.2) is 25.6 Å². The minimum Gasteiger partial charge on any atom is -0.496 e. The number of ether oxygens (including phenoxy) is 1. The Balaban J connectivity index is 2.38. The number of amides is 1. The summed E-state index contributed by atoms with van der Waals surface area (Å²) in [6.45, 7) is 4.82. The van der Waals surface area contributed by atoms with Crippen LogP contribution in [0.4, 0.5) is 0 Å². The molecule has 4 heteroatoms. The van der Waals surface area contributed by atoms with Crippen molar-refractivity contribution < 1.29 is 9.53 Å². The van der Waals surface area contributed by atoms with Gasteiger partial charge in [-0.25, -0.2) is 0 Å². The Morgan fingerprint density at radius 2 is 2.06 bits per heavy atom. The van der Waals surface area contributed by atoms with Gasteiger partial charge in [-0.15, -0.1) is 0 Å². The lowest BCUT2D eigenvalue weighted by molar-refractivity contribution is -0.120. The molecular weight excluding hydrogens is 216 g/mol. The summed E-state index contributed by atoms with van der Waals surface area (Å²) in [4.78, 5) is 11.4. The predicted molar refractivity (Wildman–Crippen MR) is 68.0 cm³/mol. The van der Waals surface area contributed by atoms with Gasteiger partial charge in [0.1, 0.15) is 5.75 Å². The van der Waals surface area contributed by atoms with Gasteiger partial charge in [0.25, 0.3) is 0 Å². The number of nitrogens with one attached hydrogen (secondary N) is 2. The van der Waals surface area contributed by atoms with Crippen LogP contribution in [0.15, 0.2) is 24.3 Å². The number of hydrogen-bond acceptors (Lipinski definition) is 3. The summed E-state index contributed by atoms with van der Waals surface area (Å²) < 4.78 is 5.23. The molecule has 0 bridgehead atoms. The molecule has 0 saturated heterocycles. The van der Waals surface area contributed by atoms with E-state index in [1.54, 1.807) is 7.11 Å². The van der Waals surface area contributed by atoms with Gasteiger partial charge in [0.05, 0.1) is 13.7 Å². The van der Waals surface area contributed by atoms with E-state index in [4.69, 9.17) is 4.74 Å². The minimum atomic E-state index is 0.00916. The van der Waals surface area contributed by atoms with Crippen LogP contribution in [0.2, 0.25) is 0 Å². The number of benzene rings is 1. The normalized spacial score (nSPS) is 10.4. The van der Waals surface area contributed by atoms with E-state index in [9.17, 15) is 4.79 Å². The second-order valence-corrected chi connectivity index (χ2v) is 4.14. The Labute approximate surface area is 102 Å². The van der Waals surface area contributed by atoms with Crippen molar-refractivity contribution in [2.75, 3.05) is 13.7 Å². The first-order valence-corrected chi connectivity index (χ1v) is 5.75. The third-order valence-corrected chi connectivity index (χ3v) is 2.24. The molecule has 0 spiro atoms. The number of methoxy groups -OCH3 is 1. The molecule has 2 N–H and O–H groups in total. The monoisotopic (exact) mass is 236 g/mol. The zero-order valence-corrected chi connectivity index (χ0v) is 10.6. The zero-order valence-electron chi connectivity index (χ0n) is 10.6. The largest absolute Gasteiger partial charge is 0.496 e. The van der Waals surface area contributed by atoms with E-state index >= 15 is 0 Å². The van der Waals surface area contributed by atoms with E-state index in [0.717, 1.165) is 11.3 Å². The van der Waals surface area contributed by atoms with Crippen LogP contribution in [-0.2, 0) is 11.3 Å². The molecule has 1 aromatic rings. The molecular formula is C13H20N2O2. The van der Waals surface area contributed by atoms with E-state index in [0.29, 0.717) is 13.1 Å². The third-order valence-electron chi connectivity index (χ3n) is 2.24. The van der Waals surface area contributed by atoms with Gasteiger partial charge in [0.15, 0.2) is 0 Å². The number of carbonyl (C=O) groups is 1. The molecule has 0 heterocycles. The van der Waals surface area contributed by atoms with Crippen LogP contribution in [0.5, 0.6) is 5.75 Å². The van der Waals surface area contributed by atoms with E-state index in [1.807, 2.05) is 38.1 Å². The molecule has 0 fully saturated rings. The highest BCUT2D eigenvalue weighted by atomic mass is 16.5. The zero-order chi connectivity index (χ0) is 12.7. The van der Waals surface area contributed by atoms with Gasteiger partial charge in [0, 0.05) is 18.2 Å². The molecule has 0 aliphatic carbocycles. The van der Waals surface area contributed by atoms with Crippen molar-refractivity contribution in [3.63, 3.8) is 0 Å². The van der Waals surface area contributed by atoms with Crippen LogP contribution in [0, 0.1) is 0 Å². The second-order valence-electron chi connectivity index (χ2n) is 4.14. The van der Waals surface area contributed by atoms with Crippen LogP contribution in [0.1, 0.15) is 19.4 Å². The van der Waals surface area contributed by atoms with E-state index in [2.05, 4.69) is 10.6 Å². The van der Waals surface area contributed by atoms with Gasteiger partial charge in [0.2, 0.25) is 5.91 Å². The minimum absolute atomic E-state index is 0.00916. The first kappa shape index (κ1) is 13.5. The van der Waals surface area contributed by atoms with Crippen LogP contribution in [0.3, 0.4) is 0 Å². The molecule has 1 rings (SSSR count). The van der Waals surface area contributed by atoms with Crippen molar-refractivity contribution in [2.45, 2.75) is 26.4 Å². The summed E-state index contributed by atoms with van der Waals surface area (Å²) in [5.74, 6) is 0.846. The summed E-state index contributed by atoms with van der Waals surface area (Å²) >= 11 is 0. The number of rotatable bonds is 6. The van der Waals surface area contributed by atoms with Gasteiger partial charge in [-0.2, -0.15) is 0 Å². The van der Waals surface area contributed by atoms with Gasteiger partial charge in [-0.3, -0.25) is 4.79 Å². The summed E-state index contributed by atoms with van der Waals surface area (Å²) in [5.41, 5.74) is 1.05. The fourth-order valence-electron chi connectivity index (χ4n) is 1.53. The first-order valence-electron chi connectivity index (χ1n) is 5.75. The maximum atomic E-state index is 11.4. The Kier molecular flexibility index (Phi) is 5.49. The highest BCUT2D eigenvalue weighted by Gasteiger charge is 2.04. The highest BCUT2D eigenvalue weighted by molar-refractivity contribution is 5.78. The third kappa shape index (κ3) is 4.87. The topological polar surface area (TPSA) is 50.4 Å². The molecule has 94 valence electrons. The molecule has 0 radical (unpaired) electrons. The molecule has 0 aliphatic heterocycles. The van der Waals surface area contributed by atoms with Crippen molar-refractivity contribution >= 4 is 5.91 Å². The smallest absolute Gasteiger partial charge is 0.234 e. The summed E-state index contributed by atoms with van der Waals surface area (Å²) in [5, 5.41) is 5.91. The number of carbonyl (C=O) groups excluding carboxylic acids is 1. The molecule has 17 heavy (non-hydrogen) atoms. The molecule has 1 amide bonds. The summed E-state index contributed by atoms with van der Waals surface area (Å²) in [6.07, 6.45) is 0. The van der Waals surface area contributed by atoms with Crippen LogP contribution < -0.4 is 15.4 Å². The second kappa shape index (κ2) is 6.91. The predicted octanol–water partition coefficient (Wildman–Crippen LogP) is 1.31. The Morgan fingerprint density at radius 1 is 1.35 bits per heavy atom. The fraction of sp³-hybridized carbons (Fsp3) is 0.462. The Morgan fingerprint density at radius 3 is 2.71 bits per heavy atom. The average molecular weight is 236 g/mol. The number of hydrogen-bond donors (Lipinski definition) is 2. The summed E-state index contributed by atoms with van der Waals surface area (Å²) in [7, 11) is 1.64. The first-order chi connectivity index (χ1) is 8.13. The fourth-order valence-corrected chi connectivity index (χ4v) is 1.53. The highest BCUT2D eigenvalue weighted by Crippen LogP contribution is 2.16. The molecule has 0 saturated carbocycles. The Hall–Kier alpha value is -1.55. The lowest BCUT2D eigenvalue weighted by Gasteiger charge is -2.11. The van der Waals surface area contributed by atoms with Gasteiger partial charge in [-0.05, 0) is 19.9 Å². The van der Waals surface area contributed by atoms with E-state index < -0.39 is 0 Å². The standard InChI is InChI=1S/C13H20N2O2/c1-10(2)15-13(16)9-14-8-11-6-4-5-7-12(11)17-3/h4-7,10,14H,8-9H2,1-3H3,(H,15,16). The summed E-state index contributed by atoms with van der Waals surface area (Å²) in [6, 6.07) is 7.94. The molecule has 0 aliphatic rings. The van der Waals surface area contributed by atoms with Crippen LogP contribution >= 0.6 is 0 Å². The lowest BCUT2D eigenvalue weighted by Crippen LogP contribution is -2.37. The van der Waals surface area contributed by atoms with Crippen molar-refractivity contribution in [1.82, 2.24) is 10.6 Å². The van der Waals surface area contributed by atoms with Crippen molar-refractivity contribution in [3.05, 3.63) is 29.8 Å².